The molecule has 0 aromatic heterocycles. The summed E-state index contributed by atoms with van der Waals surface area (Å²) in [5.74, 6) is 0.631. The number of azide groups is 1. The van der Waals surface area contributed by atoms with E-state index in [1.54, 1.807) is 17.0 Å². The Hall–Kier alpha value is -1.92. The molecular weight excluding hydrogens is 316 g/mol. The normalized spacial score (nSPS) is 23.8. The summed E-state index contributed by atoms with van der Waals surface area (Å²) in [4.78, 5) is 16.2. The summed E-state index contributed by atoms with van der Waals surface area (Å²) in [5, 5.41) is 3.46. The van der Waals surface area contributed by atoms with Gasteiger partial charge in [-0.15, -0.1) is 0 Å². The second-order valence-electron chi connectivity index (χ2n) is 4.20. The summed E-state index contributed by atoms with van der Waals surface area (Å²) >= 11 is 3.35. The van der Waals surface area contributed by atoms with Gasteiger partial charge in [-0.05, 0) is 23.7 Å². The highest BCUT2D eigenvalue weighted by Crippen LogP contribution is 2.40. The van der Waals surface area contributed by atoms with Crippen LogP contribution >= 0.6 is 15.9 Å². The van der Waals surface area contributed by atoms with E-state index in [4.69, 9.17) is 15.0 Å². The zero-order valence-electron chi connectivity index (χ0n) is 9.69. The predicted molar refractivity (Wildman–Crippen MR) is 70.2 cm³/mol. The lowest BCUT2D eigenvalue weighted by Gasteiger charge is -2.30. The van der Waals surface area contributed by atoms with Gasteiger partial charge in [0.25, 0.3) is 0 Å². The minimum Gasteiger partial charge on any atom is -0.489 e. The van der Waals surface area contributed by atoms with Crippen molar-refractivity contribution < 1.29 is 14.3 Å². The van der Waals surface area contributed by atoms with Crippen molar-refractivity contribution in [1.29, 1.82) is 0 Å². The zero-order valence-corrected chi connectivity index (χ0v) is 11.3. The molecule has 3 rings (SSSR count). The van der Waals surface area contributed by atoms with Gasteiger partial charge in [0.05, 0.1) is 12.2 Å². The first-order chi connectivity index (χ1) is 9.20. The average molecular weight is 325 g/mol. The first kappa shape index (κ1) is 12.1. The van der Waals surface area contributed by atoms with Gasteiger partial charge >= 0.3 is 6.09 Å². The lowest BCUT2D eigenvalue weighted by molar-refractivity contribution is 0.126. The monoisotopic (exact) mass is 324 g/mol. The number of ether oxygens (including phenoxy) is 2. The van der Waals surface area contributed by atoms with E-state index in [9.17, 15) is 4.79 Å². The van der Waals surface area contributed by atoms with Crippen molar-refractivity contribution in [2.24, 2.45) is 5.11 Å². The van der Waals surface area contributed by atoms with Crippen LogP contribution < -0.4 is 9.64 Å². The molecule has 2 atom stereocenters. The van der Waals surface area contributed by atoms with Gasteiger partial charge in [-0.1, -0.05) is 21.0 Å². The Morgan fingerprint density at radius 2 is 2.42 bits per heavy atom. The molecule has 0 bridgehead atoms. The predicted octanol–water partition coefficient (Wildman–Crippen LogP) is 2.85. The average Bonchev–Trinajstić information content (AvgIpc) is 2.73. The summed E-state index contributed by atoms with van der Waals surface area (Å²) in [7, 11) is 0. The van der Waals surface area contributed by atoms with Gasteiger partial charge in [0.2, 0.25) is 0 Å². The fraction of sp³-hybridized carbons (Fsp3) is 0.364. The standard InChI is InChI=1S/C11H9BrN4O3/c12-6-1-2-7-9(3-6)18-5-8-10(4-14-15-13)19-11(17)16(7)8/h1-3,8,10H,4-5H2/t8-,10-/m0/s1. The molecule has 19 heavy (non-hydrogen) atoms. The van der Waals surface area contributed by atoms with Crippen LogP contribution in [-0.4, -0.2) is 31.4 Å². The zero-order chi connectivity index (χ0) is 13.4. The summed E-state index contributed by atoms with van der Waals surface area (Å²) < 4.78 is 11.7. The molecule has 0 N–H and O–H groups in total. The van der Waals surface area contributed by atoms with E-state index in [2.05, 4.69) is 26.0 Å². The van der Waals surface area contributed by atoms with Crippen LogP contribution in [0.5, 0.6) is 5.75 Å². The molecule has 0 radical (unpaired) electrons. The fourth-order valence-corrected chi connectivity index (χ4v) is 2.62. The Bertz CT molecular complexity index is 587. The molecule has 2 aliphatic rings. The van der Waals surface area contributed by atoms with E-state index in [0.29, 0.717) is 18.0 Å². The van der Waals surface area contributed by atoms with Gasteiger partial charge in [-0.3, -0.25) is 4.90 Å². The van der Waals surface area contributed by atoms with E-state index in [1.807, 2.05) is 6.07 Å². The smallest absolute Gasteiger partial charge is 0.415 e. The Balaban J connectivity index is 1.95. The molecule has 98 valence electrons. The number of hydrogen-bond donors (Lipinski definition) is 0. The minimum absolute atomic E-state index is 0.110. The highest BCUT2D eigenvalue weighted by atomic mass is 79.9. The van der Waals surface area contributed by atoms with E-state index in [1.165, 1.54) is 0 Å². The van der Waals surface area contributed by atoms with Crippen molar-refractivity contribution in [2.75, 3.05) is 18.1 Å². The Morgan fingerprint density at radius 1 is 1.58 bits per heavy atom. The van der Waals surface area contributed by atoms with E-state index in [-0.39, 0.29) is 12.6 Å². The fourth-order valence-electron chi connectivity index (χ4n) is 2.28. The van der Waals surface area contributed by atoms with Crippen LogP contribution in [-0.2, 0) is 4.74 Å². The molecule has 2 heterocycles. The Morgan fingerprint density at radius 3 is 3.21 bits per heavy atom. The Labute approximate surface area is 116 Å². The van der Waals surface area contributed by atoms with E-state index < -0.39 is 12.2 Å². The van der Waals surface area contributed by atoms with Gasteiger partial charge in [0.15, 0.2) is 0 Å². The van der Waals surface area contributed by atoms with Crippen molar-refractivity contribution in [3.63, 3.8) is 0 Å². The molecule has 8 heteroatoms. The number of halogens is 1. The molecule has 1 fully saturated rings. The molecule has 0 aliphatic carbocycles. The molecular formula is C11H9BrN4O3. The second kappa shape index (κ2) is 4.64. The van der Waals surface area contributed by atoms with Crippen LogP contribution in [0.1, 0.15) is 0 Å². The van der Waals surface area contributed by atoms with Gasteiger partial charge in [-0.25, -0.2) is 4.79 Å². The second-order valence-corrected chi connectivity index (χ2v) is 5.11. The van der Waals surface area contributed by atoms with Crippen molar-refractivity contribution in [1.82, 2.24) is 0 Å². The number of rotatable bonds is 2. The largest absolute Gasteiger partial charge is 0.489 e. The first-order valence-corrected chi connectivity index (χ1v) is 6.43. The van der Waals surface area contributed by atoms with Crippen molar-refractivity contribution in [3.05, 3.63) is 33.1 Å². The molecule has 1 aromatic carbocycles. The molecule has 0 spiro atoms. The molecule has 0 unspecified atom stereocenters. The molecule has 1 saturated heterocycles. The quantitative estimate of drug-likeness (QED) is 0.476. The maximum atomic E-state index is 11.9. The van der Waals surface area contributed by atoms with Crippen LogP contribution in [0, 0.1) is 0 Å². The van der Waals surface area contributed by atoms with Gasteiger partial charge < -0.3 is 9.47 Å². The SMILES string of the molecule is [N-]=[N+]=NC[C@@H]1OC(=O)N2c3ccc(Br)cc3OC[C@@H]12. The van der Waals surface area contributed by atoms with Crippen LogP contribution in [0.15, 0.2) is 27.8 Å². The maximum Gasteiger partial charge on any atom is 0.415 e. The number of hydrogen-bond acceptors (Lipinski definition) is 4. The molecule has 2 aliphatic heterocycles. The summed E-state index contributed by atoms with van der Waals surface area (Å²) in [6.45, 7) is 0.430. The summed E-state index contributed by atoms with van der Waals surface area (Å²) in [6.07, 6.45) is -0.907. The molecule has 1 amide bonds. The number of amides is 1. The van der Waals surface area contributed by atoms with Crippen LogP contribution in [0.2, 0.25) is 0 Å². The third-order valence-electron chi connectivity index (χ3n) is 3.13. The number of carbonyl (C=O) groups is 1. The van der Waals surface area contributed by atoms with Crippen molar-refractivity contribution in [2.45, 2.75) is 12.1 Å². The number of fused-ring (bicyclic) bond motifs is 3. The maximum absolute atomic E-state index is 11.9. The number of carbonyl (C=O) groups excluding carboxylic acids is 1. The number of anilines is 1. The number of cyclic esters (lactones) is 1. The lowest BCUT2D eigenvalue weighted by atomic mass is 10.1. The Kier molecular flexibility index (Phi) is 2.96. The van der Waals surface area contributed by atoms with Crippen LogP contribution in [0.4, 0.5) is 10.5 Å². The van der Waals surface area contributed by atoms with Gasteiger partial charge in [-0.2, -0.15) is 0 Å². The summed E-state index contributed by atoms with van der Waals surface area (Å²) in [5.41, 5.74) is 9.02. The van der Waals surface area contributed by atoms with Gasteiger partial charge in [0.1, 0.15) is 24.5 Å². The third kappa shape index (κ3) is 1.98. The van der Waals surface area contributed by atoms with Gasteiger partial charge in [0, 0.05) is 9.38 Å². The molecule has 0 saturated carbocycles. The lowest BCUT2D eigenvalue weighted by Crippen LogP contribution is -2.45. The van der Waals surface area contributed by atoms with E-state index >= 15 is 0 Å². The number of nitrogens with zero attached hydrogens (tertiary/aromatic N) is 4. The van der Waals surface area contributed by atoms with Crippen LogP contribution in [0.25, 0.3) is 10.4 Å². The highest BCUT2D eigenvalue weighted by Gasteiger charge is 2.46. The third-order valence-corrected chi connectivity index (χ3v) is 3.62. The van der Waals surface area contributed by atoms with E-state index in [0.717, 1.165) is 4.47 Å². The number of benzene rings is 1. The molecule has 1 aromatic rings. The molecule has 7 nitrogen and oxygen atoms in total. The first-order valence-electron chi connectivity index (χ1n) is 5.64. The summed E-state index contributed by atoms with van der Waals surface area (Å²) in [6, 6.07) is 5.17. The van der Waals surface area contributed by atoms with Crippen LogP contribution in [0.3, 0.4) is 0 Å². The minimum atomic E-state index is -0.472. The van der Waals surface area contributed by atoms with Crippen molar-refractivity contribution >= 4 is 27.7 Å². The van der Waals surface area contributed by atoms with Crippen molar-refractivity contribution in [3.8, 4) is 5.75 Å². The highest BCUT2D eigenvalue weighted by molar-refractivity contribution is 9.10. The topological polar surface area (TPSA) is 87.5 Å².